The Hall–Kier alpha value is -0.330. The normalized spacial score (nSPS) is 38.7. The first-order chi connectivity index (χ1) is 6.65. The fourth-order valence-corrected chi connectivity index (χ4v) is 3.33. The van der Waals surface area contributed by atoms with Crippen LogP contribution in [-0.4, -0.2) is 5.78 Å². The van der Waals surface area contributed by atoms with Crippen LogP contribution in [0.1, 0.15) is 53.4 Å². The first-order valence-electron chi connectivity index (χ1n) is 6.18. The van der Waals surface area contributed by atoms with E-state index in [0.717, 1.165) is 18.8 Å². The van der Waals surface area contributed by atoms with Gasteiger partial charge in [-0.25, -0.2) is 0 Å². The molecule has 0 aromatic heterocycles. The first-order valence-corrected chi connectivity index (χ1v) is 6.18. The van der Waals surface area contributed by atoms with Gasteiger partial charge in [0.1, 0.15) is 5.78 Å². The lowest BCUT2D eigenvalue weighted by Crippen LogP contribution is -2.38. The zero-order valence-corrected chi connectivity index (χ0v) is 10.0. The van der Waals surface area contributed by atoms with Crippen molar-refractivity contribution in [2.45, 2.75) is 53.4 Å². The van der Waals surface area contributed by atoms with Crippen LogP contribution in [0.25, 0.3) is 0 Å². The van der Waals surface area contributed by atoms with Crippen molar-refractivity contribution in [2.75, 3.05) is 0 Å². The van der Waals surface area contributed by atoms with E-state index in [2.05, 4.69) is 27.7 Å². The van der Waals surface area contributed by atoms with Gasteiger partial charge in [-0.3, -0.25) is 4.79 Å². The summed E-state index contributed by atoms with van der Waals surface area (Å²) >= 11 is 0. The highest BCUT2D eigenvalue weighted by atomic mass is 16.1. The average molecular weight is 196 g/mol. The van der Waals surface area contributed by atoms with Gasteiger partial charge >= 0.3 is 0 Å². The molecule has 1 saturated carbocycles. The molecule has 0 bridgehead atoms. The molecule has 0 spiro atoms. The fourth-order valence-electron chi connectivity index (χ4n) is 3.33. The van der Waals surface area contributed by atoms with Gasteiger partial charge in [0.2, 0.25) is 0 Å². The van der Waals surface area contributed by atoms with Crippen molar-refractivity contribution >= 4 is 5.78 Å². The summed E-state index contributed by atoms with van der Waals surface area (Å²) in [7, 11) is 0. The summed E-state index contributed by atoms with van der Waals surface area (Å²) in [5, 5.41) is 0. The molecule has 0 radical (unpaired) electrons. The third kappa shape index (κ3) is 2.02. The number of ketones is 1. The zero-order chi connectivity index (χ0) is 10.7. The van der Waals surface area contributed by atoms with Gasteiger partial charge in [0.25, 0.3) is 0 Å². The smallest absolute Gasteiger partial charge is 0.136 e. The molecule has 1 fully saturated rings. The number of carbonyl (C=O) groups excluding carboxylic acids is 1. The molecule has 4 atom stereocenters. The molecule has 14 heavy (non-hydrogen) atoms. The molecule has 1 aliphatic rings. The van der Waals surface area contributed by atoms with Crippen LogP contribution < -0.4 is 0 Å². The zero-order valence-electron chi connectivity index (χ0n) is 10.0. The van der Waals surface area contributed by atoms with Crippen molar-refractivity contribution in [3.8, 4) is 0 Å². The Labute approximate surface area is 88.3 Å². The summed E-state index contributed by atoms with van der Waals surface area (Å²) in [5.74, 6) is 2.92. The highest BCUT2D eigenvalue weighted by Crippen LogP contribution is 2.41. The van der Waals surface area contributed by atoms with Crippen LogP contribution >= 0.6 is 0 Å². The number of hydrogen-bond acceptors (Lipinski definition) is 1. The Bertz CT molecular complexity index is 197. The number of carbonyl (C=O) groups is 1. The van der Waals surface area contributed by atoms with E-state index in [-0.39, 0.29) is 0 Å². The van der Waals surface area contributed by atoms with Crippen LogP contribution in [0.3, 0.4) is 0 Å². The molecule has 4 unspecified atom stereocenters. The maximum absolute atomic E-state index is 11.9. The summed E-state index contributed by atoms with van der Waals surface area (Å²) < 4.78 is 0. The van der Waals surface area contributed by atoms with E-state index in [1.54, 1.807) is 0 Å². The molecule has 0 aliphatic heterocycles. The number of hydrogen-bond donors (Lipinski definition) is 0. The summed E-state index contributed by atoms with van der Waals surface area (Å²) in [6.45, 7) is 8.92. The maximum atomic E-state index is 11.9. The molecule has 0 amide bonds. The highest BCUT2D eigenvalue weighted by molar-refractivity contribution is 5.82. The van der Waals surface area contributed by atoms with Crippen LogP contribution in [0.4, 0.5) is 0 Å². The molecular weight excluding hydrogens is 172 g/mol. The largest absolute Gasteiger partial charge is 0.299 e. The Balaban J connectivity index is 2.77. The fraction of sp³-hybridized carbons (Fsp3) is 0.923. The van der Waals surface area contributed by atoms with E-state index in [1.807, 2.05) is 0 Å². The lowest BCUT2D eigenvalue weighted by Gasteiger charge is -2.40. The molecule has 82 valence electrons. The van der Waals surface area contributed by atoms with E-state index in [4.69, 9.17) is 0 Å². The van der Waals surface area contributed by atoms with Crippen LogP contribution in [0, 0.1) is 23.7 Å². The van der Waals surface area contributed by atoms with Gasteiger partial charge in [-0.1, -0.05) is 40.5 Å². The third-order valence-electron chi connectivity index (χ3n) is 4.23. The van der Waals surface area contributed by atoms with Crippen LogP contribution in [0.2, 0.25) is 0 Å². The lowest BCUT2D eigenvalue weighted by atomic mass is 9.64. The average Bonchev–Trinajstić information content (AvgIpc) is 2.17. The Morgan fingerprint density at radius 1 is 1.14 bits per heavy atom. The topological polar surface area (TPSA) is 17.1 Å². The molecule has 1 aliphatic carbocycles. The van der Waals surface area contributed by atoms with Gasteiger partial charge in [0.15, 0.2) is 0 Å². The first kappa shape index (κ1) is 11.7. The van der Waals surface area contributed by atoms with Gasteiger partial charge in [-0.05, 0) is 24.2 Å². The molecular formula is C13H24O. The molecule has 0 N–H and O–H groups in total. The van der Waals surface area contributed by atoms with Crippen molar-refractivity contribution in [2.24, 2.45) is 23.7 Å². The van der Waals surface area contributed by atoms with Crippen molar-refractivity contribution in [1.29, 1.82) is 0 Å². The molecule has 1 heteroatoms. The molecule has 0 aromatic rings. The van der Waals surface area contributed by atoms with Crippen molar-refractivity contribution < 1.29 is 4.79 Å². The van der Waals surface area contributed by atoms with Crippen LogP contribution in [-0.2, 0) is 4.79 Å². The van der Waals surface area contributed by atoms with Gasteiger partial charge in [0, 0.05) is 12.3 Å². The van der Waals surface area contributed by atoms with Crippen LogP contribution in [0.5, 0.6) is 0 Å². The summed E-state index contributed by atoms with van der Waals surface area (Å²) in [6, 6.07) is 0. The van der Waals surface area contributed by atoms with Crippen molar-refractivity contribution in [1.82, 2.24) is 0 Å². The highest BCUT2D eigenvalue weighted by Gasteiger charge is 2.38. The van der Waals surface area contributed by atoms with Crippen molar-refractivity contribution in [3.05, 3.63) is 0 Å². The lowest BCUT2D eigenvalue weighted by molar-refractivity contribution is -0.131. The van der Waals surface area contributed by atoms with Gasteiger partial charge in [0.05, 0.1) is 0 Å². The summed E-state index contributed by atoms with van der Waals surface area (Å²) in [6.07, 6.45) is 4.29. The molecule has 0 saturated heterocycles. The second-order valence-electron chi connectivity index (χ2n) is 4.78. The standard InChI is InChI=1S/C13H24O/c1-5-10-8-13(14)12(7-3)9(4)11(10)6-2/h9-12H,5-8H2,1-4H3. The van der Waals surface area contributed by atoms with Gasteiger partial charge in [-0.2, -0.15) is 0 Å². The summed E-state index contributed by atoms with van der Waals surface area (Å²) in [4.78, 5) is 11.9. The Morgan fingerprint density at radius 3 is 2.21 bits per heavy atom. The second-order valence-corrected chi connectivity index (χ2v) is 4.78. The van der Waals surface area contributed by atoms with Gasteiger partial charge < -0.3 is 0 Å². The Kier molecular flexibility index (Phi) is 4.15. The maximum Gasteiger partial charge on any atom is 0.136 e. The minimum Gasteiger partial charge on any atom is -0.299 e. The van der Waals surface area contributed by atoms with Gasteiger partial charge in [-0.15, -0.1) is 0 Å². The Morgan fingerprint density at radius 2 is 1.79 bits per heavy atom. The van der Waals surface area contributed by atoms with Crippen LogP contribution in [0.15, 0.2) is 0 Å². The predicted octanol–water partition coefficient (Wildman–Crippen LogP) is 3.67. The molecule has 0 heterocycles. The monoisotopic (exact) mass is 196 g/mol. The molecule has 1 nitrogen and oxygen atoms in total. The SMILES string of the molecule is CCC1CC(=O)C(CC)C(C)C1CC. The van der Waals surface area contributed by atoms with E-state index in [0.29, 0.717) is 23.5 Å². The second kappa shape index (κ2) is 4.95. The minimum atomic E-state index is 0.350. The molecule has 0 aromatic carbocycles. The van der Waals surface area contributed by atoms with Crippen molar-refractivity contribution in [3.63, 3.8) is 0 Å². The van der Waals surface area contributed by atoms with E-state index >= 15 is 0 Å². The minimum absolute atomic E-state index is 0.350. The van der Waals surface area contributed by atoms with E-state index in [1.165, 1.54) is 12.8 Å². The van der Waals surface area contributed by atoms with E-state index < -0.39 is 0 Å². The third-order valence-corrected chi connectivity index (χ3v) is 4.23. The quantitative estimate of drug-likeness (QED) is 0.673. The van der Waals surface area contributed by atoms with E-state index in [9.17, 15) is 4.79 Å². The number of rotatable bonds is 3. The summed E-state index contributed by atoms with van der Waals surface area (Å²) in [5.41, 5.74) is 0. The number of Topliss-reactive ketones (excluding diaryl/α,β-unsaturated/α-hetero) is 1. The molecule has 1 rings (SSSR count). The predicted molar refractivity (Wildman–Crippen MR) is 60.1 cm³/mol.